The van der Waals surface area contributed by atoms with Crippen molar-refractivity contribution in [1.82, 2.24) is 20.1 Å². The van der Waals surface area contributed by atoms with Crippen LogP contribution in [0, 0.1) is 5.41 Å². The summed E-state index contributed by atoms with van der Waals surface area (Å²) in [5.74, 6) is 1.91. The van der Waals surface area contributed by atoms with E-state index in [-0.39, 0.29) is 0 Å². The van der Waals surface area contributed by atoms with Crippen LogP contribution in [0.5, 0.6) is 0 Å². The standard InChI is InChI=1S/C18H30N4O2/c1-3-24-15-10-14(18(15)8-4-5-9-18)19-13-6-7-17-20-16(12-23-2)21-22(17)11-13/h13-15,19H,3-12H2,1-2H3/t13-,14-,15+/m0/s1. The van der Waals surface area contributed by atoms with Crippen molar-refractivity contribution in [3.05, 3.63) is 11.6 Å². The van der Waals surface area contributed by atoms with Gasteiger partial charge in [0.05, 0.1) is 12.6 Å². The number of methoxy groups -OCH3 is 1. The predicted octanol–water partition coefficient (Wildman–Crippen LogP) is 2.07. The Morgan fingerprint density at radius 3 is 2.92 bits per heavy atom. The number of nitrogens with zero attached hydrogens (tertiary/aromatic N) is 3. The molecule has 0 unspecified atom stereocenters. The van der Waals surface area contributed by atoms with Crippen LogP contribution in [0.25, 0.3) is 0 Å². The molecule has 3 atom stereocenters. The van der Waals surface area contributed by atoms with Crippen LogP contribution < -0.4 is 5.32 Å². The van der Waals surface area contributed by atoms with Crippen LogP contribution in [-0.4, -0.2) is 46.7 Å². The third kappa shape index (κ3) is 2.78. The number of hydrogen-bond acceptors (Lipinski definition) is 5. The molecule has 2 saturated carbocycles. The minimum atomic E-state index is 0.403. The highest BCUT2D eigenvalue weighted by atomic mass is 16.5. The number of fused-ring (bicyclic) bond motifs is 1. The van der Waals surface area contributed by atoms with Crippen molar-refractivity contribution in [2.24, 2.45) is 5.41 Å². The average molecular weight is 334 g/mol. The van der Waals surface area contributed by atoms with Gasteiger partial charge in [0.1, 0.15) is 12.4 Å². The molecule has 2 fully saturated rings. The Morgan fingerprint density at radius 1 is 1.33 bits per heavy atom. The van der Waals surface area contributed by atoms with Gasteiger partial charge in [-0.2, -0.15) is 5.10 Å². The quantitative estimate of drug-likeness (QED) is 0.863. The van der Waals surface area contributed by atoms with Gasteiger partial charge in [0, 0.05) is 37.6 Å². The van der Waals surface area contributed by atoms with E-state index in [2.05, 4.69) is 27.0 Å². The van der Waals surface area contributed by atoms with E-state index >= 15 is 0 Å². The lowest BCUT2D eigenvalue weighted by Crippen LogP contribution is -2.65. The third-order valence-electron chi connectivity index (χ3n) is 6.30. The van der Waals surface area contributed by atoms with Crippen molar-refractivity contribution >= 4 is 0 Å². The van der Waals surface area contributed by atoms with Gasteiger partial charge < -0.3 is 14.8 Å². The van der Waals surface area contributed by atoms with Crippen molar-refractivity contribution in [1.29, 1.82) is 0 Å². The lowest BCUT2D eigenvalue weighted by molar-refractivity contribution is -0.133. The number of nitrogens with one attached hydrogen (secondary N) is 1. The number of rotatable bonds is 6. The summed E-state index contributed by atoms with van der Waals surface area (Å²) in [5.41, 5.74) is 0.403. The molecule has 2 heterocycles. The second-order valence-electron chi connectivity index (χ2n) is 7.63. The molecular weight excluding hydrogens is 304 g/mol. The molecule has 6 heteroatoms. The third-order valence-corrected chi connectivity index (χ3v) is 6.30. The molecule has 6 nitrogen and oxygen atoms in total. The number of aromatic nitrogens is 3. The molecule has 1 aromatic heterocycles. The zero-order chi connectivity index (χ0) is 16.6. The average Bonchev–Trinajstić information content (AvgIpc) is 3.22. The van der Waals surface area contributed by atoms with Gasteiger partial charge in [-0.25, -0.2) is 9.67 Å². The van der Waals surface area contributed by atoms with E-state index in [0.29, 0.717) is 30.2 Å². The first kappa shape index (κ1) is 16.5. The Balaban J connectivity index is 1.39. The van der Waals surface area contributed by atoms with Crippen LogP contribution in [-0.2, 0) is 29.0 Å². The van der Waals surface area contributed by atoms with Gasteiger partial charge >= 0.3 is 0 Å². The van der Waals surface area contributed by atoms with Crippen molar-refractivity contribution in [2.45, 2.75) is 83.2 Å². The topological polar surface area (TPSA) is 61.2 Å². The molecule has 0 amide bonds. The van der Waals surface area contributed by atoms with Crippen LogP contribution >= 0.6 is 0 Å². The summed E-state index contributed by atoms with van der Waals surface area (Å²) in [4.78, 5) is 4.57. The van der Waals surface area contributed by atoms with Gasteiger partial charge in [0.25, 0.3) is 0 Å². The van der Waals surface area contributed by atoms with Crippen LogP contribution in [0.1, 0.15) is 57.1 Å². The maximum atomic E-state index is 6.04. The molecule has 0 bridgehead atoms. The Labute approximate surface area is 144 Å². The zero-order valence-corrected chi connectivity index (χ0v) is 15.0. The van der Waals surface area contributed by atoms with Gasteiger partial charge in [0.2, 0.25) is 0 Å². The Bertz CT molecular complexity index is 567. The molecule has 24 heavy (non-hydrogen) atoms. The lowest BCUT2D eigenvalue weighted by atomic mass is 9.60. The van der Waals surface area contributed by atoms with E-state index in [4.69, 9.17) is 9.47 Å². The van der Waals surface area contributed by atoms with E-state index in [1.165, 1.54) is 32.1 Å². The number of ether oxygens (including phenoxy) is 2. The van der Waals surface area contributed by atoms with Crippen molar-refractivity contribution in [2.75, 3.05) is 13.7 Å². The zero-order valence-electron chi connectivity index (χ0n) is 15.0. The van der Waals surface area contributed by atoms with Gasteiger partial charge in [-0.1, -0.05) is 12.8 Å². The largest absolute Gasteiger partial charge is 0.378 e. The minimum Gasteiger partial charge on any atom is -0.378 e. The first-order valence-electron chi connectivity index (χ1n) is 9.54. The van der Waals surface area contributed by atoms with Crippen molar-refractivity contribution in [3.63, 3.8) is 0 Å². The molecule has 2 aliphatic carbocycles. The fraction of sp³-hybridized carbons (Fsp3) is 0.889. The molecule has 1 aromatic rings. The van der Waals surface area contributed by atoms with Crippen LogP contribution in [0.4, 0.5) is 0 Å². The smallest absolute Gasteiger partial charge is 0.176 e. The summed E-state index contributed by atoms with van der Waals surface area (Å²) < 4.78 is 13.3. The summed E-state index contributed by atoms with van der Waals surface area (Å²) in [6.45, 7) is 4.39. The fourth-order valence-electron chi connectivity index (χ4n) is 5.09. The minimum absolute atomic E-state index is 0.403. The molecule has 0 radical (unpaired) electrons. The molecule has 1 spiro atoms. The van der Waals surface area contributed by atoms with Gasteiger partial charge in [-0.15, -0.1) is 0 Å². The monoisotopic (exact) mass is 334 g/mol. The van der Waals surface area contributed by atoms with Gasteiger partial charge in [0.15, 0.2) is 5.82 Å². The fourth-order valence-corrected chi connectivity index (χ4v) is 5.09. The highest BCUT2D eigenvalue weighted by Gasteiger charge is 2.56. The van der Waals surface area contributed by atoms with E-state index in [1.807, 2.05) is 0 Å². The second kappa shape index (κ2) is 6.73. The highest BCUT2D eigenvalue weighted by molar-refractivity contribution is 5.11. The molecular formula is C18H30N4O2. The summed E-state index contributed by atoms with van der Waals surface area (Å²) >= 11 is 0. The normalized spacial score (nSPS) is 31.2. The van der Waals surface area contributed by atoms with E-state index in [0.717, 1.165) is 37.6 Å². The summed E-state index contributed by atoms with van der Waals surface area (Å²) in [6.07, 6.45) is 9.17. The molecule has 134 valence electrons. The molecule has 1 aliphatic heterocycles. The maximum Gasteiger partial charge on any atom is 0.176 e. The molecule has 4 rings (SSSR count). The number of aryl methyl sites for hydroxylation is 1. The first-order valence-corrected chi connectivity index (χ1v) is 9.54. The lowest BCUT2D eigenvalue weighted by Gasteiger charge is -2.55. The summed E-state index contributed by atoms with van der Waals surface area (Å²) in [5, 5.41) is 8.55. The van der Waals surface area contributed by atoms with Crippen LogP contribution in [0.3, 0.4) is 0 Å². The molecule has 1 N–H and O–H groups in total. The first-order chi connectivity index (χ1) is 11.7. The Kier molecular flexibility index (Phi) is 4.62. The SMILES string of the molecule is CCO[C@@H]1C[C@H](N[C@H]2CCc3nc(COC)nn3C2)C12CCCC2. The summed E-state index contributed by atoms with van der Waals surface area (Å²) in [7, 11) is 1.69. The maximum absolute atomic E-state index is 6.04. The van der Waals surface area contributed by atoms with E-state index in [1.54, 1.807) is 7.11 Å². The van der Waals surface area contributed by atoms with Gasteiger partial charge in [-0.05, 0) is 32.6 Å². The Morgan fingerprint density at radius 2 is 2.17 bits per heavy atom. The molecule has 0 saturated heterocycles. The van der Waals surface area contributed by atoms with Crippen molar-refractivity contribution in [3.8, 4) is 0 Å². The van der Waals surface area contributed by atoms with Crippen LogP contribution in [0.15, 0.2) is 0 Å². The van der Waals surface area contributed by atoms with Crippen LogP contribution in [0.2, 0.25) is 0 Å². The van der Waals surface area contributed by atoms with E-state index < -0.39 is 0 Å². The molecule has 0 aromatic carbocycles. The van der Waals surface area contributed by atoms with Crippen molar-refractivity contribution < 1.29 is 9.47 Å². The summed E-state index contributed by atoms with van der Waals surface area (Å²) in [6, 6.07) is 1.12. The Hall–Kier alpha value is -0.980. The van der Waals surface area contributed by atoms with E-state index in [9.17, 15) is 0 Å². The molecule has 3 aliphatic rings. The van der Waals surface area contributed by atoms with Gasteiger partial charge in [-0.3, -0.25) is 0 Å². The second-order valence-corrected chi connectivity index (χ2v) is 7.63. The predicted molar refractivity (Wildman–Crippen MR) is 90.7 cm³/mol. The highest BCUT2D eigenvalue weighted by Crippen LogP contribution is 2.54. The number of hydrogen-bond donors (Lipinski definition) is 1.